The van der Waals surface area contributed by atoms with Crippen molar-refractivity contribution in [3.8, 4) is 0 Å². The number of carbonyl (C=O) groups is 3. The van der Waals surface area contributed by atoms with Crippen molar-refractivity contribution >= 4 is 17.5 Å². The quantitative estimate of drug-likeness (QED) is 0.453. The van der Waals surface area contributed by atoms with E-state index in [1.54, 1.807) is 24.3 Å². The van der Waals surface area contributed by atoms with Crippen LogP contribution >= 0.6 is 0 Å². The Kier molecular flexibility index (Phi) is 4.16. The van der Waals surface area contributed by atoms with Crippen molar-refractivity contribution in [2.75, 3.05) is 0 Å². The highest BCUT2D eigenvalue weighted by Gasteiger charge is 2.67. The SMILES string of the molecule is C=C1C(=O)O[C@@H]2c3ccccc3C(=O)[C@]12C(=O)C(CC)CCCC. The molecule has 4 nitrogen and oxygen atoms in total. The minimum absolute atomic E-state index is 0.00588. The first-order valence-corrected chi connectivity index (χ1v) is 8.58. The standard InChI is InChI=1S/C20H22O4/c1-4-6-9-13(5-2)16(21)20-12(3)19(23)24-18(20)15-11-8-7-10-14(15)17(20)22/h7-8,10-11,13,18H,3-6,9H2,1-2H3/t13?,18-,20-/m1/s1. The van der Waals surface area contributed by atoms with Crippen LogP contribution in [0.25, 0.3) is 0 Å². The van der Waals surface area contributed by atoms with Crippen molar-refractivity contribution in [2.45, 2.75) is 45.6 Å². The first-order chi connectivity index (χ1) is 11.5. The third-order valence-corrected chi connectivity index (χ3v) is 5.35. The van der Waals surface area contributed by atoms with Crippen LogP contribution in [-0.2, 0) is 14.3 Å². The van der Waals surface area contributed by atoms with Crippen molar-refractivity contribution in [3.63, 3.8) is 0 Å². The lowest BCUT2D eigenvalue weighted by Crippen LogP contribution is -2.42. The summed E-state index contributed by atoms with van der Waals surface area (Å²) in [5, 5.41) is 0. The van der Waals surface area contributed by atoms with Gasteiger partial charge in [-0.15, -0.1) is 0 Å². The summed E-state index contributed by atoms with van der Waals surface area (Å²) in [6, 6.07) is 7.00. The van der Waals surface area contributed by atoms with E-state index < -0.39 is 17.5 Å². The fourth-order valence-corrected chi connectivity index (χ4v) is 3.97. The Morgan fingerprint density at radius 3 is 2.67 bits per heavy atom. The molecule has 0 saturated carbocycles. The molecule has 0 radical (unpaired) electrons. The molecule has 1 aliphatic heterocycles. The normalized spacial score (nSPS) is 26.1. The zero-order valence-corrected chi connectivity index (χ0v) is 14.1. The average molecular weight is 326 g/mol. The summed E-state index contributed by atoms with van der Waals surface area (Å²) >= 11 is 0. The van der Waals surface area contributed by atoms with Gasteiger partial charge in [0.05, 0.1) is 5.57 Å². The Morgan fingerprint density at radius 2 is 2.00 bits per heavy atom. The van der Waals surface area contributed by atoms with Gasteiger partial charge in [0.25, 0.3) is 0 Å². The number of rotatable bonds is 6. The van der Waals surface area contributed by atoms with Crippen LogP contribution in [0.4, 0.5) is 0 Å². The van der Waals surface area contributed by atoms with E-state index in [1.807, 2.05) is 6.92 Å². The molecule has 1 heterocycles. The van der Waals surface area contributed by atoms with Crippen LogP contribution < -0.4 is 0 Å². The van der Waals surface area contributed by atoms with Gasteiger partial charge in [0.2, 0.25) is 0 Å². The number of esters is 1. The number of benzene rings is 1. The molecule has 1 aliphatic carbocycles. The molecule has 2 aliphatic rings. The number of carbonyl (C=O) groups excluding carboxylic acids is 3. The van der Waals surface area contributed by atoms with Gasteiger partial charge in [-0.2, -0.15) is 0 Å². The maximum absolute atomic E-state index is 13.4. The maximum atomic E-state index is 13.4. The van der Waals surface area contributed by atoms with Crippen molar-refractivity contribution in [1.82, 2.24) is 0 Å². The summed E-state index contributed by atoms with van der Waals surface area (Å²) in [7, 11) is 0. The van der Waals surface area contributed by atoms with E-state index in [2.05, 4.69) is 13.5 Å². The number of ether oxygens (including phenoxy) is 1. The molecule has 3 atom stereocenters. The van der Waals surface area contributed by atoms with Gasteiger partial charge in [-0.25, -0.2) is 4.79 Å². The predicted octanol–water partition coefficient (Wildman–Crippen LogP) is 3.81. The van der Waals surface area contributed by atoms with Crippen molar-refractivity contribution in [2.24, 2.45) is 11.3 Å². The maximum Gasteiger partial charge on any atom is 0.335 e. The molecule has 1 fully saturated rings. The number of hydrogen-bond acceptors (Lipinski definition) is 4. The zero-order chi connectivity index (χ0) is 17.5. The largest absolute Gasteiger partial charge is 0.452 e. The molecule has 3 rings (SSSR count). The Labute approximate surface area is 141 Å². The van der Waals surface area contributed by atoms with E-state index in [1.165, 1.54) is 0 Å². The topological polar surface area (TPSA) is 60.4 Å². The average Bonchev–Trinajstić information content (AvgIpc) is 3.00. The molecular formula is C20H22O4. The van der Waals surface area contributed by atoms with E-state index in [0.717, 1.165) is 12.8 Å². The molecule has 1 aromatic carbocycles. The third-order valence-electron chi connectivity index (χ3n) is 5.35. The summed E-state index contributed by atoms with van der Waals surface area (Å²) in [5.74, 6) is -1.45. The minimum atomic E-state index is -1.56. The number of hydrogen-bond donors (Lipinski definition) is 0. The Balaban J connectivity index is 2.11. The van der Waals surface area contributed by atoms with Crippen molar-refractivity contribution in [1.29, 1.82) is 0 Å². The Bertz CT molecular complexity index is 733. The third kappa shape index (κ3) is 2.02. The molecular weight excluding hydrogens is 304 g/mol. The van der Waals surface area contributed by atoms with Gasteiger partial charge in [0.1, 0.15) is 0 Å². The van der Waals surface area contributed by atoms with Crippen LogP contribution in [-0.4, -0.2) is 17.5 Å². The van der Waals surface area contributed by atoms with Gasteiger partial charge in [-0.05, 0) is 12.8 Å². The smallest absolute Gasteiger partial charge is 0.335 e. The summed E-state index contributed by atoms with van der Waals surface area (Å²) in [5.41, 5.74) is -0.480. The number of ketones is 2. The molecule has 24 heavy (non-hydrogen) atoms. The van der Waals surface area contributed by atoms with Gasteiger partial charge in [-0.3, -0.25) is 9.59 Å². The molecule has 0 amide bonds. The molecule has 0 spiro atoms. The molecule has 1 unspecified atom stereocenters. The minimum Gasteiger partial charge on any atom is -0.452 e. The second kappa shape index (κ2) is 6.00. The van der Waals surface area contributed by atoms with Crippen LogP contribution in [0.1, 0.15) is 61.6 Å². The lowest BCUT2D eigenvalue weighted by molar-refractivity contribution is -0.141. The van der Waals surface area contributed by atoms with E-state index in [9.17, 15) is 14.4 Å². The molecule has 0 aromatic heterocycles. The van der Waals surface area contributed by atoms with Crippen LogP contribution in [0.3, 0.4) is 0 Å². The fraction of sp³-hybridized carbons (Fsp3) is 0.450. The molecule has 1 saturated heterocycles. The molecule has 126 valence electrons. The van der Waals surface area contributed by atoms with Gasteiger partial charge >= 0.3 is 5.97 Å². The van der Waals surface area contributed by atoms with E-state index >= 15 is 0 Å². The van der Waals surface area contributed by atoms with E-state index in [-0.39, 0.29) is 23.1 Å². The summed E-state index contributed by atoms with van der Waals surface area (Å²) in [6.45, 7) is 7.79. The highest BCUT2D eigenvalue weighted by atomic mass is 16.6. The fourth-order valence-electron chi connectivity index (χ4n) is 3.97. The Morgan fingerprint density at radius 1 is 1.29 bits per heavy atom. The lowest BCUT2D eigenvalue weighted by Gasteiger charge is -2.28. The lowest BCUT2D eigenvalue weighted by atomic mass is 9.68. The van der Waals surface area contributed by atoms with E-state index in [4.69, 9.17) is 4.74 Å². The van der Waals surface area contributed by atoms with Crippen LogP contribution in [0.2, 0.25) is 0 Å². The second-order valence-electron chi connectivity index (χ2n) is 6.60. The van der Waals surface area contributed by atoms with Crippen LogP contribution in [0.15, 0.2) is 36.4 Å². The van der Waals surface area contributed by atoms with Gasteiger partial charge < -0.3 is 4.74 Å². The van der Waals surface area contributed by atoms with Gasteiger partial charge in [0, 0.05) is 17.0 Å². The second-order valence-corrected chi connectivity index (χ2v) is 6.60. The Hall–Kier alpha value is -2.23. The molecule has 4 heteroatoms. The van der Waals surface area contributed by atoms with Gasteiger partial charge in [-0.1, -0.05) is 57.5 Å². The first-order valence-electron chi connectivity index (χ1n) is 8.58. The number of fused-ring (bicyclic) bond motifs is 3. The summed E-state index contributed by atoms with van der Waals surface area (Å²) in [4.78, 5) is 38.7. The number of unbranched alkanes of at least 4 members (excludes halogenated alkanes) is 1. The monoisotopic (exact) mass is 326 g/mol. The van der Waals surface area contributed by atoms with Gasteiger partial charge in [0.15, 0.2) is 23.1 Å². The number of Topliss-reactive ketones (excluding diaryl/α,β-unsaturated/α-hetero) is 2. The summed E-state index contributed by atoms with van der Waals surface area (Å²) < 4.78 is 5.44. The predicted molar refractivity (Wildman–Crippen MR) is 89.5 cm³/mol. The van der Waals surface area contributed by atoms with E-state index in [0.29, 0.717) is 24.0 Å². The van der Waals surface area contributed by atoms with Crippen LogP contribution in [0, 0.1) is 11.3 Å². The molecule has 0 N–H and O–H groups in total. The summed E-state index contributed by atoms with van der Waals surface area (Å²) in [6.07, 6.45) is 2.38. The highest BCUT2D eigenvalue weighted by Crippen LogP contribution is 2.58. The van der Waals surface area contributed by atoms with Crippen molar-refractivity contribution < 1.29 is 19.1 Å². The van der Waals surface area contributed by atoms with Crippen LogP contribution in [0.5, 0.6) is 0 Å². The molecule has 0 bridgehead atoms. The zero-order valence-electron chi connectivity index (χ0n) is 14.1. The van der Waals surface area contributed by atoms with Crippen molar-refractivity contribution in [3.05, 3.63) is 47.5 Å². The highest BCUT2D eigenvalue weighted by molar-refractivity contribution is 6.26. The first kappa shape index (κ1) is 16.6. The molecule has 1 aromatic rings.